The third-order valence-corrected chi connectivity index (χ3v) is 8.21. The van der Waals surface area contributed by atoms with Crippen molar-refractivity contribution in [1.29, 1.82) is 0 Å². The lowest BCUT2D eigenvalue weighted by Gasteiger charge is -2.36. The summed E-state index contributed by atoms with van der Waals surface area (Å²) >= 11 is 0. The highest BCUT2D eigenvalue weighted by atomic mass is 32.2. The van der Waals surface area contributed by atoms with E-state index in [-0.39, 0.29) is 13.4 Å². The highest BCUT2D eigenvalue weighted by Gasteiger charge is 2.83. The van der Waals surface area contributed by atoms with Gasteiger partial charge in [0.2, 0.25) is 10.0 Å². The first-order valence-corrected chi connectivity index (χ1v) is 14.9. The molecule has 1 spiro atoms. The van der Waals surface area contributed by atoms with Gasteiger partial charge in [-0.25, -0.2) is 13.4 Å². The van der Waals surface area contributed by atoms with Crippen molar-refractivity contribution in [3.05, 3.63) is 71.8 Å². The first-order chi connectivity index (χ1) is 17.7. The number of rotatable bonds is 11. The smallest absolute Gasteiger partial charge is 0.259 e. The van der Waals surface area contributed by atoms with Gasteiger partial charge in [-0.15, -0.1) is 0 Å². The van der Waals surface area contributed by atoms with Crippen LogP contribution in [0.25, 0.3) is 11.3 Å². The van der Waals surface area contributed by atoms with E-state index in [1.54, 1.807) is 0 Å². The summed E-state index contributed by atoms with van der Waals surface area (Å²) in [6, 6.07) is 21.6. The van der Waals surface area contributed by atoms with Crippen LogP contribution in [0.5, 0.6) is 0 Å². The lowest BCUT2D eigenvalue weighted by atomic mass is 9.85. The highest BCUT2D eigenvalue weighted by molar-refractivity contribution is 7.89. The van der Waals surface area contributed by atoms with Crippen molar-refractivity contribution >= 4 is 33.0 Å². The predicted octanol–water partition coefficient (Wildman–Crippen LogP) is 4.43. The van der Waals surface area contributed by atoms with Crippen molar-refractivity contribution in [2.24, 2.45) is 22.2 Å². The summed E-state index contributed by atoms with van der Waals surface area (Å²) in [7, 11) is -3.56. The van der Waals surface area contributed by atoms with Gasteiger partial charge in [-0.05, 0) is 50.2 Å². The van der Waals surface area contributed by atoms with Gasteiger partial charge in [0.15, 0.2) is 0 Å². The molecule has 0 saturated heterocycles. The number of unbranched alkanes of at least 4 members (excludes halogenated alkanes) is 1. The van der Waals surface area contributed by atoms with Crippen LogP contribution < -0.4 is 4.72 Å². The number of allylic oxidation sites excluding steroid dienone is 1. The Balaban J connectivity index is 0.00000336. The summed E-state index contributed by atoms with van der Waals surface area (Å²) in [5.41, 5.74) is 5.16. The summed E-state index contributed by atoms with van der Waals surface area (Å²) in [6.45, 7) is 5.44. The number of nitrogens with one attached hydrogen (secondary N) is 1. The third kappa shape index (κ3) is 5.22. The van der Waals surface area contributed by atoms with Crippen LogP contribution in [-0.2, 0) is 19.6 Å². The fraction of sp³-hybridized carbons (Fsp3) is 0.448. The van der Waals surface area contributed by atoms with E-state index in [2.05, 4.69) is 73.3 Å². The summed E-state index contributed by atoms with van der Waals surface area (Å²) in [5.74, 6) is 1.71. The Labute approximate surface area is 221 Å². The molecule has 1 aliphatic heterocycles. The molecule has 1 N–H and O–H groups in total. The molecule has 3 unspecified atom stereocenters. The maximum Gasteiger partial charge on any atom is 0.259 e. The molecule has 8 heteroatoms. The fourth-order valence-corrected chi connectivity index (χ4v) is 6.28. The van der Waals surface area contributed by atoms with E-state index in [0.717, 1.165) is 36.9 Å². The number of amides is 1. The predicted molar refractivity (Wildman–Crippen MR) is 148 cm³/mol. The Bertz CT molecular complexity index is 1330. The number of carbonyl (C=O) groups excluding carboxylic acids is 1. The standard InChI is InChI=1S/C29H35N3O4S.H2/c1-20(2)32(16-10-11-17-36-19-24(33)31-37(3,34)35)28-26-23-18-29(23,26)25(21-12-6-4-7-13-21)27(30-28)22-14-8-5-9-15-22;/h4-9,12-15,20,23,26H,10-11,16-19H2,1-3H3,(H,31,33);1H. The quantitative estimate of drug-likeness (QED) is 0.440. The van der Waals surface area contributed by atoms with E-state index >= 15 is 0 Å². The number of hydrogen-bond donors (Lipinski definition) is 1. The number of amidine groups is 1. The molecule has 1 heterocycles. The summed E-state index contributed by atoms with van der Waals surface area (Å²) < 4.78 is 29.6. The van der Waals surface area contributed by atoms with Crippen molar-refractivity contribution in [3.63, 3.8) is 0 Å². The van der Waals surface area contributed by atoms with Crippen LogP contribution in [0.4, 0.5) is 0 Å². The Morgan fingerprint density at radius 2 is 1.76 bits per heavy atom. The normalized spacial score (nSPS) is 23.7. The minimum atomic E-state index is -3.56. The van der Waals surface area contributed by atoms with Crippen LogP contribution in [-0.4, -0.2) is 57.1 Å². The summed E-state index contributed by atoms with van der Waals surface area (Å²) in [4.78, 5) is 19.4. The van der Waals surface area contributed by atoms with Gasteiger partial charge >= 0.3 is 0 Å². The SMILES string of the molecule is CC(C)N(CCCCOCC(=O)NS(C)(=O)=O)C1=NC(c2ccccc2)=C(c2ccccc2)C23CC2C13.[HH]. The third-order valence-electron chi connectivity index (χ3n) is 7.61. The van der Waals surface area contributed by atoms with Crippen LogP contribution >= 0.6 is 0 Å². The molecule has 2 aromatic carbocycles. The van der Waals surface area contributed by atoms with Gasteiger partial charge in [0.25, 0.3) is 5.91 Å². The van der Waals surface area contributed by atoms with E-state index in [1.807, 2.05) is 10.8 Å². The number of fused-ring (bicyclic) bond motifs is 1. The van der Waals surface area contributed by atoms with Gasteiger partial charge in [0.1, 0.15) is 12.4 Å². The van der Waals surface area contributed by atoms with E-state index in [4.69, 9.17) is 9.73 Å². The molecular formula is C29H37N3O4S. The Hall–Kier alpha value is -2.97. The zero-order valence-corrected chi connectivity index (χ0v) is 22.5. The summed E-state index contributed by atoms with van der Waals surface area (Å²) in [6.07, 6.45) is 3.85. The molecule has 7 nitrogen and oxygen atoms in total. The average Bonchev–Trinajstić information content (AvgIpc) is 3.73. The van der Waals surface area contributed by atoms with E-state index in [9.17, 15) is 13.2 Å². The van der Waals surface area contributed by atoms with Crippen molar-refractivity contribution < 1.29 is 19.4 Å². The number of aliphatic imine (C=N–C) groups is 1. The van der Waals surface area contributed by atoms with Crippen LogP contribution in [0.1, 0.15) is 45.7 Å². The first kappa shape index (κ1) is 25.7. The summed E-state index contributed by atoms with van der Waals surface area (Å²) in [5, 5.41) is 0. The van der Waals surface area contributed by atoms with Crippen molar-refractivity contribution in [1.82, 2.24) is 9.62 Å². The van der Waals surface area contributed by atoms with Gasteiger partial charge in [-0.3, -0.25) is 9.52 Å². The molecule has 198 valence electrons. The second kappa shape index (κ2) is 10.1. The number of ether oxygens (including phenoxy) is 1. The number of sulfonamides is 1. The van der Waals surface area contributed by atoms with Crippen LogP contribution in [0.3, 0.4) is 0 Å². The molecule has 2 aromatic rings. The molecule has 0 bridgehead atoms. The van der Waals surface area contributed by atoms with Gasteiger partial charge in [0.05, 0.1) is 12.0 Å². The number of benzene rings is 2. The maximum atomic E-state index is 11.6. The first-order valence-electron chi connectivity index (χ1n) is 13.0. The van der Waals surface area contributed by atoms with Gasteiger partial charge in [0, 0.05) is 37.5 Å². The molecule has 3 aliphatic rings. The van der Waals surface area contributed by atoms with Crippen molar-refractivity contribution in [2.45, 2.75) is 39.2 Å². The van der Waals surface area contributed by atoms with E-state index in [1.165, 1.54) is 23.4 Å². The highest BCUT2D eigenvalue weighted by Crippen LogP contribution is 2.87. The van der Waals surface area contributed by atoms with Gasteiger partial charge in [-0.1, -0.05) is 60.7 Å². The largest absolute Gasteiger partial charge is 0.372 e. The zero-order chi connectivity index (χ0) is 26.2. The van der Waals surface area contributed by atoms with E-state index < -0.39 is 15.9 Å². The Kier molecular flexibility index (Phi) is 6.98. The van der Waals surface area contributed by atoms with Crippen molar-refractivity contribution in [3.8, 4) is 0 Å². The lowest BCUT2D eigenvalue weighted by molar-refractivity contribution is -0.123. The molecule has 3 atom stereocenters. The minimum absolute atomic E-state index is 0. The fourth-order valence-electron chi connectivity index (χ4n) is 5.80. The van der Waals surface area contributed by atoms with Crippen LogP contribution in [0.15, 0.2) is 65.7 Å². The lowest BCUT2D eigenvalue weighted by Crippen LogP contribution is -2.42. The zero-order valence-electron chi connectivity index (χ0n) is 21.7. The van der Waals surface area contributed by atoms with Crippen LogP contribution in [0, 0.1) is 17.3 Å². The van der Waals surface area contributed by atoms with Crippen LogP contribution in [0.2, 0.25) is 0 Å². The molecule has 0 aromatic heterocycles. The Morgan fingerprint density at radius 1 is 1.11 bits per heavy atom. The minimum Gasteiger partial charge on any atom is -0.372 e. The Morgan fingerprint density at radius 3 is 2.35 bits per heavy atom. The molecule has 1 amide bonds. The second-order valence-corrected chi connectivity index (χ2v) is 12.3. The average molecular weight is 524 g/mol. The topological polar surface area (TPSA) is 88.1 Å². The van der Waals surface area contributed by atoms with Gasteiger partial charge < -0.3 is 9.64 Å². The number of carbonyl (C=O) groups is 1. The van der Waals surface area contributed by atoms with Gasteiger partial charge in [-0.2, -0.15) is 0 Å². The number of hydrogen-bond acceptors (Lipinski definition) is 6. The molecule has 2 aliphatic carbocycles. The molecule has 37 heavy (non-hydrogen) atoms. The maximum absolute atomic E-state index is 11.6. The number of nitrogens with zero attached hydrogens (tertiary/aromatic N) is 2. The molecule has 2 fully saturated rings. The molecule has 5 rings (SSSR count). The van der Waals surface area contributed by atoms with E-state index in [0.29, 0.717) is 24.5 Å². The van der Waals surface area contributed by atoms with Crippen molar-refractivity contribution in [2.75, 3.05) is 26.0 Å². The monoisotopic (exact) mass is 523 g/mol. The second-order valence-electron chi connectivity index (χ2n) is 10.6. The molecule has 2 saturated carbocycles. The molecule has 0 radical (unpaired) electrons. The molecular weight excluding hydrogens is 486 g/mol.